The van der Waals surface area contributed by atoms with Gasteiger partial charge in [0.25, 0.3) is 0 Å². The minimum absolute atomic E-state index is 0.217. The number of fused-ring (bicyclic) bond motifs is 18. The summed E-state index contributed by atoms with van der Waals surface area (Å²) in [4.78, 5) is 5.16. The fraction of sp³-hybridized carbons (Fsp3) is 0.139. The largest absolute Gasteiger partial charge is 0.341 e. The van der Waals surface area contributed by atoms with Gasteiger partial charge in [0.15, 0.2) is 0 Å². The molecule has 0 atom stereocenters. The molecule has 0 radical (unpaired) electrons. The maximum absolute atomic E-state index is 2.66. The van der Waals surface area contributed by atoms with E-state index in [1.54, 1.807) is 0 Å². The Morgan fingerprint density at radius 3 is 1.24 bits per heavy atom. The first-order valence-corrected chi connectivity index (χ1v) is 29.5. The first-order valence-electron chi connectivity index (χ1n) is 29.5. The Morgan fingerprint density at radius 2 is 0.683 bits per heavy atom. The fourth-order valence-electron chi connectivity index (χ4n) is 16.5. The van der Waals surface area contributed by atoms with Gasteiger partial charge in [0, 0.05) is 62.8 Å². The first-order chi connectivity index (χ1) is 40.2. The smallest absolute Gasteiger partial charge is 0.0754 e. The van der Waals surface area contributed by atoms with Gasteiger partial charge in [-0.15, -0.1) is 0 Å². The Balaban J connectivity index is 1.04. The molecule has 1 aliphatic carbocycles. The minimum Gasteiger partial charge on any atom is -0.341 e. The molecule has 0 amide bonds. The zero-order chi connectivity index (χ0) is 55.0. The topological polar surface area (TPSA) is 11.4 Å². The highest BCUT2D eigenvalue weighted by atomic mass is 15.2. The maximum Gasteiger partial charge on any atom is 0.0754 e. The highest BCUT2D eigenvalue weighted by Gasteiger charge is 2.51. The van der Waals surface area contributed by atoms with E-state index in [-0.39, 0.29) is 10.8 Å². The summed E-state index contributed by atoms with van der Waals surface area (Å²) < 4.78 is 2.66. The van der Waals surface area contributed by atoms with Crippen molar-refractivity contribution in [3.8, 4) is 50.2 Å². The molecule has 3 nitrogen and oxygen atoms in total. The van der Waals surface area contributed by atoms with Crippen molar-refractivity contribution >= 4 is 66.1 Å². The molecule has 0 unspecified atom stereocenters. The normalized spacial score (nSPS) is 15.3. The molecule has 0 saturated heterocycles. The van der Waals surface area contributed by atoms with E-state index in [2.05, 4.69) is 292 Å². The lowest BCUT2D eigenvalue weighted by atomic mass is 9.64. The van der Waals surface area contributed by atoms with Crippen molar-refractivity contribution in [2.45, 2.75) is 57.8 Å². The molecule has 0 N–H and O–H groups in total. The quantitative estimate of drug-likeness (QED) is 0.159. The highest BCUT2D eigenvalue weighted by Crippen LogP contribution is 2.63. The Labute approximate surface area is 480 Å². The lowest BCUT2D eigenvalue weighted by Crippen LogP contribution is -2.33. The summed E-state index contributed by atoms with van der Waals surface area (Å²) in [6, 6.07) is 91.2. The van der Waals surface area contributed by atoms with Crippen molar-refractivity contribution in [3.05, 3.63) is 281 Å². The molecule has 0 saturated carbocycles. The number of rotatable bonds is 5. The zero-order valence-electron chi connectivity index (χ0n) is 47.3. The van der Waals surface area contributed by atoms with Crippen LogP contribution in [0.1, 0.15) is 86.1 Å². The predicted octanol–water partition coefficient (Wildman–Crippen LogP) is 20.4. The molecule has 1 aromatic heterocycles. The van der Waals surface area contributed by atoms with Crippen molar-refractivity contribution in [3.63, 3.8) is 0 Å². The van der Waals surface area contributed by atoms with Crippen LogP contribution in [-0.2, 0) is 16.2 Å². The molecule has 82 heavy (non-hydrogen) atoms. The Bertz CT molecular complexity index is 4710. The molecule has 0 fully saturated rings. The van der Waals surface area contributed by atoms with E-state index in [9.17, 15) is 0 Å². The van der Waals surface area contributed by atoms with Crippen molar-refractivity contribution in [2.24, 2.45) is 0 Å². The van der Waals surface area contributed by atoms with Crippen LogP contribution in [-0.4, -0.2) is 17.7 Å². The summed E-state index contributed by atoms with van der Waals surface area (Å²) in [5.41, 5.74) is 28.7. The van der Waals surface area contributed by atoms with Crippen LogP contribution in [0.15, 0.2) is 237 Å². The second-order valence-electron chi connectivity index (χ2n) is 24.3. The van der Waals surface area contributed by atoms with Crippen molar-refractivity contribution in [1.82, 2.24) is 4.57 Å². The van der Waals surface area contributed by atoms with E-state index in [1.807, 2.05) is 0 Å². The Morgan fingerprint density at radius 1 is 0.293 bits per heavy atom. The molecular weight excluding hydrogens is 991 g/mol. The molecule has 13 aromatic rings. The van der Waals surface area contributed by atoms with E-state index in [4.69, 9.17) is 0 Å². The standard InChI is InChI=1S/C79H61N3/c1-7-80-70-45-17-14-38-63(70)77(3,4)65-40-21-32-55(73(65)80)48-28-19-30-53-59(48)47-60-49(56-33-22-41-66-74(56)81(8-2)71-46-18-15-39-64(71)78(66,5)6)29-20-31-54(60)72(53)58-35-24-43-68-76(58)82-69-44-16-11-27-52(69)57-34-23-42-67(75(57)82)79(68)61-36-12-9-25-50(61)51-26-10-13-37-62(51)79/h9-47H,7-8H2,1-6H3. The van der Waals surface area contributed by atoms with E-state index < -0.39 is 5.41 Å². The predicted molar refractivity (Wildman–Crippen MR) is 345 cm³/mol. The molecule has 3 aliphatic heterocycles. The summed E-state index contributed by atoms with van der Waals surface area (Å²) in [5.74, 6) is 0. The fourth-order valence-corrected chi connectivity index (χ4v) is 16.5. The second-order valence-corrected chi connectivity index (χ2v) is 24.3. The summed E-state index contributed by atoms with van der Waals surface area (Å²) >= 11 is 0. The molecule has 17 rings (SSSR count). The van der Waals surface area contributed by atoms with E-state index >= 15 is 0 Å². The van der Waals surface area contributed by atoms with Crippen LogP contribution in [0, 0.1) is 0 Å². The lowest BCUT2D eigenvalue weighted by molar-refractivity contribution is 0.626. The monoisotopic (exact) mass is 1050 g/mol. The van der Waals surface area contributed by atoms with Crippen LogP contribution in [0.4, 0.5) is 22.7 Å². The van der Waals surface area contributed by atoms with Gasteiger partial charge in [-0.25, -0.2) is 0 Å². The van der Waals surface area contributed by atoms with Crippen LogP contribution in [0.2, 0.25) is 0 Å². The van der Waals surface area contributed by atoms with Crippen molar-refractivity contribution < 1.29 is 0 Å². The molecule has 4 aliphatic rings. The molecule has 3 heteroatoms. The van der Waals surface area contributed by atoms with Crippen LogP contribution in [0.3, 0.4) is 0 Å². The van der Waals surface area contributed by atoms with Crippen LogP contribution >= 0.6 is 0 Å². The van der Waals surface area contributed by atoms with E-state index in [0.717, 1.165) is 13.1 Å². The van der Waals surface area contributed by atoms with Gasteiger partial charge in [-0.1, -0.05) is 240 Å². The van der Waals surface area contributed by atoms with Gasteiger partial charge < -0.3 is 14.4 Å². The summed E-state index contributed by atoms with van der Waals surface area (Å²) in [5, 5.41) is 7.49. The second kappa shape index (κ2) is 16.8. The van der Waals surface area contributed by atoms with Gasteiger partial charge in [-0.3, -0.25) is 0 Å². The van der Waals surface area contributed by atoms with Gasteiger partial charge in [-0.05, 0) is 132 Å². The van der Waals surface area contributed by atoms with E-state index in [0.29, 0.717) is 0 Å². The minimum atomic E-state index is -0.593. The number of hydrogen-bond donors (Lipinski definition) is 0. The first kappa shape index (κ1) is 47.4. The summed E-state index contributed by atoms with van der Waals surface area (Å²) in [6.45, 7) is 16.0. The Hall–Kier alpha value is -9.44. The van der Waals surface area contributed by atoms with Gasteiger partial charge in [-0.2, -0.15) is 0 Å². The SMILES string of the molecule is CCN1c2ccccc2C(C)(C)c2cccc(-c3cccc4c(-c5cccc6c5-n5c7ccccc7c7cccc(c75)C65c6ccccc6-c6ccccc65)c5cccc(-c6cccc7c6N(CC)c6ccccc6C7(C)C)c5cc34)c21. The van der Waals surface area contributed by atoms with E-state index in [1.165, 1.54) is 161 Å². The van der Waals surface area contributed by atoms with Gasteiger partial charge >= 0.3 is 0 Å². The number of aromatic nitrogens is 1. The average molecular weight is 1050 g/mol. The van der Waals surface area contributed by atoms with Crippen LogP contribution in [0.5, 0.6) is 0 Å². The average Bonchev–Trinajstić information content (AvgIpc) is 1.98. The Kier molecular flexibility index (Phi) is 9.72. The molecule has 12 aromatic carbocycles. The molecule has 4 heterocycles. The number of benzene rings is 12. The third-order valence-corrected chi connectivity index (χ3v) is 19.9. The zero-order valence-corrected chi connectivity index (χ0v) is 47.3. The number of nitrogens with zero attached hydrogens (tertiary/aromatic N) is 3. The number of para-hydroxylation sites is 7. The number of anilines is 4. The lowest BCUT2D eigenvalue weighted by Gasteiger charge is -2.43. The third kappa shape index (κ3) is 5.85. The molecular formula is C79H61N3. The van der Waals surface area contributed by atoms with Crippen LogP contribution < -0.4 is 9.80 Å². The molecule has 1 spiro atoms. The van der Waals surface area contributed by atoms with Crippen molar-refractivity contribution in [2.75, 3.05) is 22.9 Å². The maximum atomic E-state index is 2.66. The third-order valence-electron chi connectivity index (χ3n) is 19.9. The van der Waals surface area contributed by atoms with Gasteiger partial charge in [0.1, 0.15) is 0 Å². The van der Waals surface area contributed by atoms with Gasteiger partial charge in [0.2, 0.25) is 0 Å². The highest BCUT2D eigenvalue weighted by molar-refractivity contribution is 6.22. The summed E-state index contributed by atoms with van der Waals surface area (Å²) in [6.07, 6.45) is 0. The van der Waals surface area contributed by atoms with Crippen LogP contribution in [0.25, 0.3) is 93.5 Å². The summed E-state index contributed by atoms with van der Waals surface area (Å²) in [7, 11) is 0. The molecule has 0 bridgehead atoms. The number of hydrogen-bond acceptors (Lipinski definition) is 2. The van der Waals surface area contributed by atoms with Gasteiger partial charge in [0.05, 0.1) is 33.5 Å². The molecule has 392 valence electrons. The van der Waals surface area contributed by atoms with Crippen molar-refractivity contribution in [1.29, 1.82) is 0 Å².